The van der Waals surface area contributed by atoms with Crippen LogP contribution in [0.25, 0.3) is 10.9 Å². The second-order valence-corrected chi connectivity index (χ2v) is 7.54. The van der Waals surface area contributed by atoms with E-state index < -0.39 is 0 Å². The monoisotopic (exact) mass is 399 g/mol. The van der Waals surface area contributed by atoms with E-state index in [2.05, 4.69) is 54.0 Å². The average molecular weight is 400 g/mol. The quantitative estimate of drug-likeness (QED) is 0.739. The Bertz CT molecular complexity index is 806. The molecular weight excluding hydrogens is 373 g/mol. The minimum absolute atomic E-state index is 0. The van der Waals surface area contributed by atoms with E-state index in [0.717, 1.165) is 30.8 Å². The molecule has 1 spiro atoms. The summed E-state index contributed by atoms with van der Waals surface area (Å²) in [6.45, 7) is 0.826. The van der Waals surface area contributed by atoms with Crippen LogP contribution in [0.1, 0.15) is 31.2 Å². The molecule has 2 unspecified atom stereocenters. The van der Waals surface area contributed by atoms with E-state index in [0.29, 0.717) is 12.1 Å². The molecule has 0 amide bonds. The van der Waals surface area contributed by atoms with E-state index in [9.17, 15) is 0 Å². The number of aryl methyl sites for hydroxylation is 1. The molecule has 5 nitrogen and oxygen atoms in total. The lowest BCUT2D eigenvalue weighted by molar-refractivity contribution is -0.0114. The van der Waals surface area contributed by atoms with Gasteiger partial charge in [-0.2, -0.15) is 0 Å². The lowest BCUT2D eigenvalue weighted by Gasteiger charge is -2.42. The summed E-state index contributed by atoms with van der Waals surface area (Å²) < 4.78 is 8.70. The number of rotatable bonds is 1. The highest BCUT2D eigenvalue weighted by Crippen LogP contribution is 2.44. The Morgan fingerprint density at radius 3 is 2.42 bits per heavy atom. The van der Waals surface area contributed by atoms with Gasteiger partial charge in [-0.15, -0.1) is 24.8 Å². The van der Waals surface area contributed by atoms with E-state index in [1.54, 1.807) is 0 Å². The van der Waals surface area contributed by atoms with Crippen molar-refractivity contribution < 1.29 is 10.2 Å². The number of halogens is 2. The summed E-state index contributed by atoms with van der Waals surface area (Å²) in [6, 6.07) is 9.85. The summed E-state index contributed by atoms with van der Waals surface area (Å²) in [5.74, 6) is 0.853. The van der Waals surface area contributed by atoms with Gasteiger partial charge < -0.3 is 19.7 Å². The van der Waals surface area contributed by atoms with Gasteiger partial charge >= 0.3 is 0 Å². The molecule has 2 aromatic rings. The molecule has 7 heteroatoms. The molecule has 26 heavy (non-hydrogen) atoms. The van der Waals surface area contributed by atoms with Gasteiger partial charge in [0.05, 0.1) is 12.1 Å². The minimum atomic E-state index is -0.0510. The SMILES string of the molecule is CN1C2CCC1CC1(CN=C(c3cn(C)c4ccccc34)O1)C2.Cl.Cl.O. The van der Waals surface area contributed by atoms with Crippen LogP contribution in [-0.4, -0.2) is 52.1 Å². The maximum Gasteiger partial charge on any atom is 0.219 e. The van der Waals surface area contributed by atoms with Crippen LogP contribution in [0.5, 0.6) is 0 Å². The predicted octanol–water partition coefficient (Wildman–Crippen LogP) is 2.97. The molecule has 2 saturated heterocycles. The number of benzene rings is 1. The number of aliphatic imine (C=N–C) groups is 1. The Morgan fingerprint density at radius 2 is 1.73 bits per heavy atom. The number of hydrogen-bond donors (Lipinski definition) is 0. The van der Waals surface area contributed by atoms with Crippen molar-refractivity contribution in [2.45, 2.75) is 43.4 Å². The van der Waals surface area contributed by atoms with Crippen LogP contribution in [-0.2, 0) is 11.8 Å². The topological polar surface area (TPSA) is 61.3 Å². The highest BCUT2D eigenvalue weighted by atomic mass is 35.5. The summed E-state index contributed by atoms with van der Waals surface area (Å²) >= 11 is 0. The van der Waals surface area contributed by atoms with E-state index in [1.807, 2.05) is 0 Å². The van der Waals surface area contributed by atoms with Gasteiger partial charge in [0.25, 0.3) is 0 Å². The molecule has 0 radical (unpaired) electrons. The molecule has 3 aliphatic rings. The van der Waals surface area contributed by atoms with Gasteiger partial charge in [0.1, 0.15) is 5.60 Å². The molecule has 1 aromatic heterocycles. The van der Waals surface area contributed by atoms with Gasteiger partial charge in [0.2, 0.25) is 5.90 Å². The van der Waals surface area contributed by atoms with Crippen molar-refractivity contribution in [1.82, 2.24) is 9.47 Å². The largest absolute Gasteiger partial charge is 0.469 e. The molecule has 2 fully saturated rings. The van der Waals surface area contributed by atoms with Crippen LogP contribution in [0, 0.1) is 0 Å². The highest BCUT2D eigenvalue weighted by molar-refractivity contribution is 6.07. The number of ether oxygens (including phenoxy) is 1. The predicted molar refractivity (Wildman–Crippen MR) is 110 cm³/mol. The van der Waals surface area contributed by atoms with Crippen LogP contribution < -0.4 is 0 Å². The van der Waals surface area contributed by atoms with Crippen molar-refractivity contribution in [1.29, 1.82) is 0 Å². The van der Waals surface area contributed by atoms with E-state index >= 15 is 0 Å². The van der Waals surface area contributed by atoms with Gasteiger partial charge in [0, 0.05) is 49.1 Å². The normalized spacial score (nSPS) is 29.5. The van der Waals surface area contributed by atoms with Crippen LogP contribution in [0.4, 0.5) is 0 Å². The van der Waals surface area contributed by atoms with Crippen molar-refractivity contribution in [2.75, 3.05) is 13.6 Å². The molecule has 2 N–H and O–H groups in total. The third-order valence-electron chi connectivity index (χ3n) is 6.15. The molecule has 2 atom stereocenters. The minimum Gasteiger partial charge on any atom is -0.469 e. The Hall–Kier alpha value is -1.27. The van der Waals surface area contributed by atoms with Crippen LogP contribution in [0.3, 0.4) is 0 Å². The lowest BCUT2D eigenvalue weighted by atomic mass is 9.86. The number of hydrogen-bond acceptors (Lipinski definition) is 3. The van der Waals surface area contributed by atoms with Crippen LogP contribution >= 0.6 is 24.8 Å². The highest BCUT2D eigenvalue weighted by Gasteiger charge is 2.51. The molecule has 2 bridgehead atoms. The van der Waals surface area contributed by atoms with E-state index in [4.69, 9.17) is 9.73 Å². The van der Waals surface area contributed by atoms with Gasteiger partial charge in [-0.25, -0.2) is 4.99 Å². The average Bonchev–Trinajstić information content (AvgIpc) is 3.16. The van der Waals surface area contributed by atoms with E-state index in [-0.39, 0.29) is 35.9 Å². The second-order valence-electron chi connectivity index (χ2n) is 7.54. The number of aromatic nitrogens is 1. The number of fused-ring (bicyclic) bond motifs is 3. The molecule has 1 aromatic carbocycles. The maximum absolute atomic E-state index is 6.54. The number of para-hydroxylation sites is 1. The fraction of sp³-hybridized carbons (Fsp3) is 0.526. The maximum atomic E-state index is 6.54. The molecule has 5 rings (SSSR count). The first-order valence-electron chi connectivity index (χ1n) is 8.65. The van der Waals surface area contributed by atoms with E-state index in [1.165, 1.54) is 23.7 Å². The van der Waals surface area contributed by atoms with Crippen molar-refractivity contribution in [2.24, 2.45) is 12.0 Å². The lowest BCUT2D eigenvalue weighted by Crippen LogP contribution is -2.51. The fourth-order valence-corrected chi connectivity index (χ4v) is 4.87. The summed E-state index contributed by atoms with van der Waals surface area (Å²) in [6.07, 6.45) is 7.04. The third kappa shape index (κ3) is 3.01. The standard InChI is InChI=1S/C19H23N3O.2ClH.H2O/c1-21-11-16(15-5-3-4-6-17(15)21)18-20-12-19(23-18)9-13-7-8-14(10-19)22(13)2;;;/h3-6,11,13-14H,7-10,12H2,1-2H3;2*1H;1H2. The van der Waals surface area contributed by atoms with Gasteiger partial charge in [-0.05, 0) is 26.0 Å². The molecule has 0 aliphatic carbocycles. The molecular formula is C19H27Cl2N3O2. The molecule has 0 saturated carbocycles. The Balaban J connectivity index is 0.000000810. The van der Waals surface area contributed by atoms with Gasteiger partial charge in [0.15, 0.2) is 0 Å². The third-order valence-corrected chi connectivity index (χ3v) is 6.15. The fourth-order valence-electron chi connectivity index (χ4n) is 4.87. The number of nitrogens with zero attached hydrogens (tertiary/aromatic N) is 3. The first kappa shape index (κ1) is 21.0. The van der Waals surface area contributed by atoms with Gasteiger partial charge in [-0.1, -0.05) is 18.2 Å². The van der Waals surface area contributed by atoms with Crippen molar-refractivity contribution in [3.05, 3.63) is 36.0 Å². The van der Waals surface area contributed by atoms with Crippen LogP contribution in [0.15, 0.2) is 35.5 Å². The van der Waals surface area contributed by atoms with Crippen LogP contribution in [0.2, 0.25) is 0 Å². The zero-order valence-corrected chi connectivity index (χ0v) is 16.8. The van der Waals surface area contributed by atoms with Crippen molar-refractivity contribution in [3.8, 4) is 0 Å². The van der Waals surface area contributed by atoms with Crippen molar-refractivity contribution >= 4 is 41.6 Å². The summed E-state index contributed by atoms with van der Waals surface area (Å²) in [7, 11) is 4.36. The Morgan fingerprint density at radius 1 is 1.08 bits per heavy atom. The first-order valence-corrected chi connectivity index (χ1v) is 8.65. The van der Waals surface area contributed by atoms with Crippen molar-refractivity contribution in [3.63, 3.8) is 0 Å². The Labute approximate surface area is 166 Å². The Kier molecular flexibility index (Phi) is 5.98. The number of piperidine rings is 1. The summed E-state index contributed by atoms with van der Waals surface area (Å²) in [5.41, 5.74) is 2.33. The summed E-state index contributed by atoms with van der Waals surface area (Å²) in [4.78, 5) is 7.39. The zero-order valence-electron chi connectivity index (χ0n) is 15.1. The first-order chi connectivity index (χ1) is 11.2. The smallest absolute Gasteiger partial charge is 0.219 e. The zero-order chi connectivity index (χ0) is 15.6. The molecule has 4 heterocycles. The molecule has 3 aliphatic heterocycles. The summed E-state index contributed by atoms with van der Waals surface area (Å²) in [5, 5.41) is 1.24. The molecule has 144 valence electrons. The van der Waals surface area contributed by atoms with Gasteiger partial charge in [-0.3, -0.25) is 0 Å². The second kappa shape index (κ2) is 7.39.